The quantitative estimate of drug-likeness (QED) is 0.601. The zero-order valence-electron chi connectivity index (χ0n) is 16.5. The Morgan fingerprint density at radius 3 is 2.60 bits per heavy atom. The fourth-order valence-corrected chi connectivity index (χ4v) is 3.65. The van der Waals surface area contributed by atoms with Gasteiger partial charge in [0.05, 0.1) is 13.7 Å². The van der Waals surface area contributed by atoms with E-state index in [0.29, 0.717) is 17.8 Å². The number of hydrogen-bond acceptors (Lipinski definition) is 7. The van der Waals surface area contributed by atoms with Gasteiger partial charge in [0, 0.05) is 16.8 Å². The third kappa shape index (κ3) is 3.63. The molecule has 10 heteroatoms. The number of ether oxygens (including phenoxy) is 1. The van der Waals surface area contributed by atoms with Crippen LogP contribution in [0.15, 0.2) is 24.3 Å². The number of carbonyl (C=O) groups is 1. The molecule has 1 aliphatic rings. The highest BCUT2D eigenvalue weighted by molar-refractivity contribution is 5.92. The first-order chi connectivity index (χ1) is 14.5. The Labute approximate surface area is 172 Å². The lowest BCUT2D eigenvalue weighted by molar-refractivity contribution is 0.187. The van der Waals surface area contributed by atoms with Gasteiger partial charge >= 0.3 is 6.09 Å². The number of anilines is 3. The highest BCUT2D eigenvalue weighted by atomic mass is 19.1. The van der Waals surface area contributed by atoms with Crippen LogP contribution in [-0.4, -0.2) is 33.0 Å². The van der Waals surface area contributed by atoms with Gasteiger partial charge in [-0.05, 0) is 31.7 Å². The Morgan fingerprint density at radius 1 is 1.20 bits per heavy atom. The molecule has 1 aliphatic carbocycles. The Bertz CT molecular complexity index is 1090. The van der Waals surface area contributed by atoms with E-state index in [0.717, 1.165) is 36.9 Å². The monoisotopic (exact) mass is 411 g/mol. The second-order valence-electron chi connectivity index (χ2n) is 7.04. The predicted molar refractivity (Wildman–Crippen MR) is 110 cm³/mol. The fourth-order valence-electron chi connectivity index (χ4n) is 3.65. The van der Waals surface area contributed by atoms with Gasteiger partial charge in [-0.15, -0.1) is 0 Å². The summed E-state index contributed by atoms with van der Waals surface area (Å²) in [5.74, 6) is 0.0140. The molecule has 2 heterocycles. The normalized spacial score (nSPS) is 13.0. The van der Waals surface area contributed by atoms with E-state index >= 15 is 0 Å². The molecule has 4 rings (SSSR count). The summed E-state index contributed by atoms with van der Waals surface area (Å²) in [5.41, 5.74) is 15.3. The number of fused-ring (bicyclic) bond motifs is 1. The molecule has 0 fully saturated rings. The molecule has 0 spiro atoms. The average molecular weight is 411 g/mol. The van der Waals surface area contributed by atoms with Gasteiger partial charge in [-0.3, -0.25) is 10.00 Å². The van der Waals surface area contributed by atoms with Crippen molar-refractivity contribution in [3.05, 3.63) is 46.9 Å². The van der Waals surface area contributed by atoms with Crippen molar-refractivity contribution < 1.29 is 13.9 Å². The fraction of sp³-hybridized carbons (Fsp3) is 0.300. The first-order valence-corrected chi connectivity index (χ1v) is 9.58. The van der Waals surface area contributed by atoms with Crippen molar-refractivity contribution in [2.24, 2.45) is 0 Å². The topological polar surface area (TPSA) is 134 Å². The molecule has 1 amide bonds. The summed E-state index contributed by atoms with van der Waals surface area (Å²) < 4.78 is 20.5. The van der Waals surface area contributed by atoms with E-state index in [2.05, 4.69) is 25.1 Å². The third-order valence-corrected chi connectivity index (χ3v) is 5.12. The molecule has 0 aliphatic heterocycles. The van der Waals surface area contributed by atoms with Crippen LogP contribution >= 0.6 is 0 Å². The predicted octanol–water partition coefficient (Wildman–Crippen LogP) is 2.75. The van der Waals surface area contributed by atoms with Crippen molar-refractivity contribution in [1.29, 1.82) is 0 Å². The number of nitrogens with two attached hydrogens (primary N) is 2. The van der Waals surface area contributed by atoms with E-state index in [4.69, 9.17) is 11.5 Å². The van der Waals surface area contributed by atoms with Crippen LogP contribution in [0, 0.1) is 5.82 Å². The standard InChI is InChI=1S/C20H22FN7O2/c1-30-20(29)24-16-17(22)25-19(26-18(16)23)15-12-7-3-5-9-14(12)28(27-15)10-11-6-2-4-8-13(11)21/h2,4,6,8H,3,5,7,9-10H2,1H3,(H,24,29)(H4,22,23,25,26). The van der Waals surface area contributed by atoms with Gasteiger partial charge in [0.15, 0.2) is 17.5 Å². The molecule has 0 unspecified atom stereocenters. The minimum Gasteiger partial charge on any atom is -0.453 e. The number of hydrogen-bond donors (Lipinski definition) is 3. The van der Waals surface area contributed by atoms with Gasteiger partial charge < -0.3 is 16.2 Å². The Hall–Kier alpha value is -3.69. The van der Waals surface area contributed by atoms with Crippen LogP contribution < -0.4 is 16.8 Å². The highest BCUT2D eigenvalue weighted by Crippen LogP contribution is 2.33. The molecule has 156 valence electrons. The van der Waals surface area contributed by atoms with Crippen LogP contribution in [0.2, 0.25) is 0 Å². The molecule has 1 aromatic carbocycles. The van der Waals surface area contributed by atoms with Gasteiger partial charge in [0.2, 0.25) is 0 Å². The summed E-state index contributed by atoms with van der Waals surface area (Å²) in [6, 6.07) is 6.63. The highest BCUT2D eigenvalue weighted by Gasteiger charge is 2.25. The number of nitrogens with one attached hydrogen (secondary N) is 1. The van der Waals surface area contributed by atoms with Crippen molar-refractivity contribution in [2.45, 2.75) is 32.2 Å². The second-order valence-corrected chi connectivity index (χ2v) is 7.04. The van der Waals surface area contributed by atoms with Crippen molar-refractivity contribution >= 4 is 23.4 Å². The molecular weight excluding hydrogens is 389 g/mol. The summed E-state index contributed by atoms with van der Waals surface area (Å²) in [7, 11) is 1.23. The Kier molecular flexibility index (Phi) is 5.21. The summed E-state index contributed by atoms with van der Waals surface area (Å²) in [6.07, 6.45) is 2.97. The number of nitrogen functional groups attached to an aromatic ring is 2. The number of rotatable bonds is 4. The van der Waals surface area contributed by atoms with Crippen molar-refractivity contribution in [3.63, 3.8) is 0 Å². The lowest BCUT2D eigenvalue weighted by atomic mass is 9.95. The number of methoxy groups -OCH3 is 1. The van der Waals surface area contributed by atoms with Gasteiger partial charge in [-0.25, -0.2) is 19.2 Å². The number of amides is 1. The third-order valence-electron chi connectivity index (χ3n) is 5.12. The van der Waals surface area contributed by atoms with Crippen molar-refractivity contribution in [2.75, 3.05) is 23.9 Å². The van der Waals surface area contributed by atoms with Gasteiger partial charge in [0.25, 0.3) is 0 Å². The van der Waals surface area contributed by atoms with Crippen molar-refractivity contribution in [1.82, 2.24) is 19.7 Å². The molecule has 0 radical (unpaired) electrons. The first kappa shape index (κ1) is 19.6. The maximum atomic E-state index is 14.2. The lowest BCUT2D eigenvalue weighted by Crippen LogP contribution is -2.16. The largest absolute Gasteiger partial charge is 0.453 e. The molecule has 0 saturated heterocycles. The number of aromatic nitrogens is 4. The number of nitrogens with zero attached hydrogens (tertiary/aromatic N) is 4. The van der Waals surface area contributed by atoms with Crippen molar-refractivity contribution in [3.8, 4) is 11.5 Å². The van der Waals surface area contributed by atoms with E-state index in [1.54, 1.807) is 22.9 Å². The van der Waals surface area contributed by atoms with Crippen LogP contribution in [0.4, 0.5) is 26.5 Å². The molecule has 30 heavy (non-hydrogen) atoms. The molecular formula is C20H22FN7O2. The zero-order valence-corrected chi connectivity index (χ0v) is 16.5. The zero-order chi connectivity index (χ0) is 21.3. The van der Waals surface area contributed by atoms with E-state index < -0.39 is 6.09 Å². The van der Waals surface area contributed by atoms with Crippen LogP contribution in [0.25, 0.3) is 11.5 Å². The Balaban J connectivity index is 1.75. The molecule has 2 aromatic heterocycles. The maximum Gasteiger partial charge on any atom is 0.411 e. The van der Waals surface area contributed by atoms with E-state index in [-0.39, 0.29) is 29.0 Å². The van der Waals surface area contributed by atoms with Crippen LogP contribution in [0.1, 0.15) is 29.7 Å². The van der Waals surface area contributed by atoms with Crippen LogP contribution in [0.3, 0.4) is 0 Å². The number of carbonyl (C=O) groups excluding carboxylic acids is 1. The van der Waals surface area contributed by atoms with E-state index in [9.17, 15) is 9.18 Å². The van der Waals surface area contributed by atoms with E-state index in [1.807, 2.05) is 0 Å². The maximum absolute atomic E-state index is 14.2. The molecule has 0 saturated carbocycles. The van der Waals surface area contributed by atoms with Gasteiger partial charge in [-0.2, -0.15) is 5.10 Å². The molecule has 0 bridgehead atoms. The minimum atomic E-state index is -0.726. The van der Waals surface area contributed by atoms with Gasteiger partial charge in [-0.1, -0.05) is 18.2 Å². The molecule has 5 N–H and O–H groups in total. The number of benzene rings is 1. The van der Waals surface area contributed by atoms with Crippen LogP contribution in [0.5, 0.6) is 0 Å². The minimum absolute atomic E-state index is 0.0103. The van der Waals surface area contributed by atoms with Crippen LogP contribution in [-0.2, 0) is 24.1 Å². The second kappa shape index (κ2) is 7.97. The smallest absolute Gasteiger partial charge is 0.411 e. The average Bonchev–Trinajstić information content (AvgIpc) is 3.10. The Morgan fingerprint density at radius 2 is 1.90 bits per heavy atom. The SMILES string of the molecule is COC(=O)Nc1c(N)nc(-c2nn(Cc3ccccc3F)c3c2CCCC3)nc1N. The number of halogens is 1. The summed E-state index contributed by atoms with van der Waals surface area (Å²) in [6.45, 7) is 0.307. The summed E-state index contributed by atoms with van der Waals surface area (Å²) in [5, 5.41) is 7.10. The molecule has 3 aromatic rings. The van der Waals surface area contributed by atoms with Gasteiger partial charge in [0.1, 0.15) is 17.2 Å². The van der Waals surface area contributed by atoms with E-state index in [1.165, 1.54) is 13.2 Å². The summed E-state index contributed by atoms with van der Waals surface area (Å²) >= 11 is 0. The lowest BCUT2D eigenvalue weighted by Gasteiger charge is -2.14. The molecule has 9 nitrogen and oxygen atoms in total. The summed E-state index contributed by atoms with van der Waals surface area (Å²) in [4.78, 5) is 20.1. The first-order valence-electron chi connectivity index (χ1n) is 9.58. The molecule has 0 atom stereocenters.